The van der Waals surface area contributed by atoms with E-state index in [2.05, 4.69) is 0 Å². The van der Waals surface area contributed by atoms with Gasteiger partial charge in [0.1, 0.15) is 17.2 Å². The summed E-state index contributed by atoms with van der Waals surface area (Å²) in [4.78, 5) is 15.2. The van der Waals surface area contributed by atoms with Crippen molar-refractivity contribution in [2.45, 2.75) is 31.2 Å². The molecule has 3 aromatic rings. The van der Waals surface area contributed by atoms with Gasteiger partial charge in [0, 0.05) is 16.8 Å². The Kier molecular flexibility index (Phi) is 6.36. The normalized spacial score (nSPS) is 15.3. The maximum absolute atomic E-state index is 13.9. The van der Waals surface area contributed by atoms with Gasteiger partial charge in [-0.1, -0.05) is 35.9 Å². The van der Waals surface area contributed by atoms with Crippen LogP contribution in [0.25, 0.3) is 0 Å². The fraction of sp³-hybridized carbons (Fsp3) is 0.240. The number of carbonyl (C=O) groups is 1. The van der Waals surface area contributed by atoms with Crippen LogP contribution < -0.4 is 13.9 Å². The van der Waals surface area contributed by atoms with Gasteiger partial charge in [0.25, 0.3) is 10.0 Å². The van der Waals surface area contributed by atoms with Crippen molar-refractivity contribution in [1.82, 2.24) is 0 Å². The van der Waals surface area contributed by atoms with Crippen LogP contribution >= 0.6 is 11.6 Å². The first-order valence-electron chi connectivity index (χ1n) is 10.6. The first-order chi connectivity index (χ1) is 15.7. The number of hydrogen-bond acceptors (Lipinski definition) is 4. The van der Waals surface area contributed by atoms with E-state index in [-0.39, 0.29) is 29.1 Å². The molecule has 0 unspecified atom stereocenters. The number of fused-ring (bicyclic) bond motifs is 1. The monoisotopic (exact) mass is 484 g/mol. The zero-order valence-electron chi connectivity index (χ0n) is 18.7. The minimum atomic E-state index is -4.13. The second-order valence-corrected chi connectivity index (χ2v) is 10.4. The van der Waals surface area contributed by atoms with Crippen LogP contribution in [0.4, 0.5) is 11.4 Å². The molecule has 8 heteroatoms. The number of nitrogens with zero attached hydrogens (tertiary/aromatic N) is 2. The summed E-state index contributed by atoms with van der Waals surface area (Å²) in [6, 6.07) is 19.0. The van der Waals surface area contributed by atoms with Crippen molar-refractivity contribution in [3.8, 4) is 5.75 Å². The molecule has 3 aromatic carbocycles. The molecule has 1 heterocycles. The molecule has 0 fully saturated rings. The molecular weight excluding hydrogens is 460 g/mol. The molecule has 1 amide bonds. The molecule has 0 N–H and O–H groups in total. The lowest BCUT2D eigenvalue weighted by molar-refractivity contribution is -0.117. The molecule has 0 radical (unpaired) electrons. The van der Waals surface area contributed by atoms with Crippen LogP contribution in [0.3, 0.4) is 0 Å². The lowest BCUT2D eigenvalue weighted by atomic mass is 10.1. The van der Waals surface area contributed by atoms with E-state index < -0.39 is 10.0 Å². The summed E-state index contributed by atoms with van der Waals surface area (Å²) in [6.07, 6.45) is 0.724. The summed E-state index contributed by atoms with van der Waals surface area (Å²) in [5, 5.41) is 0.470. The number of methoxy groups -OCH3 is 1. The molecule has 4 rings (SSSR count). The third-order valence-electron chi connectivity index (χ3n) is 5.76. The Balaban J connectivity index is 1.78. The van der Waals surface area contributed by atoms with E-state index in [0.717, 1.165) is 27.5 Å². The number of amides is 1. The topological polar surface area (TPSA) is 66.9 Å². The van der Waals surface area contributed by atoms with Gasteiger partial charge in [-0.15, -0.1) is 0 Å². The van der Waals surface area contributed by atoms with Crippen LogP contribution in [-0.4, -0.2) is 34.0 Å². The van der Waals surface area contributed by atoms with Crippen molar-refractivity contribution >= 4 is 38.9 Å². The van der Waals surface area contributed by atoms with Gasteiger partial charge in [-0.2, -0.15) is 0 Å². The number of carbonyl (C=O) groups excluding carboxylic acids is 1. The van der Waals surface area contributed by atoms with Gasteiger partial charge in [0.15, 0.2) is 0 Å². The summed E-state index contributed by atoms with van der Waals surface area (Å²) in [6.45, 7) is 3.40. The van der Waals surface area contributed by atoms with Crippen molar-refractivity contribution in [2.24, 2.45) is 0 Å². The van der Waals surface area contributed by atoms with Gasteiger partial charge in [0.05, 0.1) is 12.8 Å². The van der Waals surface area contributed by atoms with E-state index in [1.165, 1.54) is 7.11 Å². The van der Waals surface area contributed by atoms with Crippen molar-refractivity contribution in [2.75, 3.05) is 22.9 Å². The van der Waals surface area contributed by atoms with Crippen LogP contribution in [0.2, 0.25) is 5.02 Å². The first kappa shape index (κ1) is 23.1. The van der Waals surface area contributed by atoms with Gasteiger partial charge >= 0.3 is 0 Å². The van der Waals surface area contributed by atoms with Gasteiger partial charge in [-0.3, -0.25) is 9.10 Å². The Labute approximate surface area is 199 Å². The molecule has 172 valence electrons. The van der Waals surface area contributed by atoms with Crippen LogP contribution in [-0.2, 0) is 21.2 Å². The predicted octanol–water partition coefficient (Wildman–Crippen LogP) is 4.83. The fourth-order valence-corrected chi connectivity index (χ4v) is 5.95. The fourth-order valence-electron chi connectivity index (χ4n) is 4.17. The zero-order valence-corrected chi connectivity index (χ0v) is 20.2. The van der Waals surface area contributed by atoms with Crippen molar-refractivity contribution in [3.63, 3.8) is 0 Å². The number of halogens is 1. The number of rotatable bonds is 6. The minimum absolute atomic E-state index is 0.00243. The van der Waals surface area contributed by atoms with Crippen molar-refractivity contribution in [3.05, 3.63) is 82.9 Å². The standard InChI is InChI=1S/C25H25ClN2O4S/c1-17-8-13-23(32-3)24(14-17)33(30,31)27(21-11-9-20(26)10-12-21)16-25(29)28-18(2)15-19-6-4-5-7-22(19)28/h4-14,18H,15-16H2,1-3H3/t18-/m0/s1. The van der Waals surface area contributed by atoms with Gasteiger partial charge in [0.2, 0.25) is 5.91 Å². The summed E-state index contributed by atoms with van der Waals surface area (Å²) < 4.78 is 34.2. The molecular formula is C25H25ClN2O4S. The van der Waals surface area contributed by atoms with Gasteiger partial charge in [-0.05, 0) is 73.9 Å². The summed E-state index contributed by atoms with van der Waals surface area (Å²) in [7, 11) is -2.71. The Bertz CT molecular complexity index is 1290. The quantitative estimate of drug-likeness (QED) is 0.502. The van der Waals surface area contributed by atoms with Crippen LogP contribution in [0, 0.1) is 6.92 Å². The van der Waals surface area contributed by atoms with E-state index in [9.17, 15) is 13.2 Å². The maximum Gasteiger partial charge on any atom is 0.268 e. The predicted molar refractivity (Wildman–Crippen MR) is 131 cm³/mol. The number of para-hydroxylation sites is 1. The van der Waals surface area contributed by atoms with E-state index in [4.69, 9.17) is 16.3 Å². The Hall–Kier alpha value is -3.03. The highest BCUT2D eigenvalue weighted by Crippen LogP contribution is 2.34. The molecule has 1 atom stereocenters. The highest BCUT2D eigenvalue weighted by molar-refractivity contribution is 7.93. The highest BCUT2D eigenvalue weighted by Gasteiger charge is 2.35. The van der Waals surface area contributed by atoms with Gasteiger partial charge in [-0.25, -0.2) is 8.42 Å². The van der Waals surface area contributed by atoms with Gasteiger partial charge < -0.3 is 9.64 Å². The van der Waals surface area contributed by atoms with Crippen LogP contribution in [0.1, 0.15) is 18.1 Å². The number of anilines is 2. The molecule has 0 aliphatic carbocycles. The molecule has 33 heavy (non-hydrogen) atoms. The number of benzene rings is 3. The van der Waals surface area contributed by atoms with E-state index in [1.54, 1.807) is 54.3 Å². The zero-order chi connectivity index (χ0) is 23.8. The first-order valence-corrected chi connectivity index (χ1v) is 12.4. The largest absolute Gasteiger partial charge is 0.495 e. The molecule has 1 aliphatic heterocycles. The Morgan fingerprint density at radius 2 is 1.82 bits per heavy atom. The molecule has 0 spiro atoms. The molecule has 0 aromatic heterocycles. The number of sulfonamides is 1. The second-order valence-electron chi connectivity index (χ2n) is 8.09. The smallest absolute Gasteiger partial charge is 0.268 e. The lowest BCUT2D eigenvalue weighted by Crippen LogP contribution is -2.45. The number of hydrogen-bond donors (Lipinski definition) is 0. The minimum Gasteiger partial charge on any atom is -0.495 e. The van der Waals surface area contributed by atoms with E-state index in [0.29, 0.717) is 10.7 Å². The average molecular weight is 485 g/mol. The molecule has 0 saturated heterocycles. The lowest BCUT2D eigenvalue weighted by Gasteiger charge is -2.29. The third kappa shape index (κ3) is 4.43. The Morgan fingerprint density at radius 3 is 2.52 bits per heavy atom. The summed E-state index contributed by atoms with van der Waals surface area (Å²) in [5.41, 5.74) is 2.99. The average Bonchev–Trinajstić information content (AvgIpc) is 3.13. The second kappa shape index (κ2) is 9.08. The summed E-state index contributed by atoms with van der Waals surface area (Å²) in [5.74, 6) is -0.0931. The van der Waals surface area contributed by atoms with E-state index >= 15 is 0 Å². The molecule has 0 bridgehead atoms. The SMILES string of the molecule is COc1ccc(C)cc1S(=O)(=O)N(CC(=O)N1c2ccccc2C[C@@H]1C)c1ccc(Cl)cc1. The molecule has 0 saturated carbocycles. The van der Waals surface area contributed by atoms with Crippen LogP contribution in [0.5, 0.6) is 5.75 Å². The summed E-state index contributed by atoms with van der Waals surface area (Å²) >= 11 is 6.04. The molecule has 1 aliphatic rings. The van der Waals surface area contributed by atoms with E-state index in [1.807, 2.05) is 31.2 Å². The van der Waals surface area contributed by atoms with Crippen molar-refractivity contribution < 1.29 is 17.9 Å². The van der Waals surface area contributed by atoms with Crippen molar-refractivity contribution in [1.29, 1.82) is 0 Å². The van der Waals surface area contributed by atoms with Crippen LogP contribution in [0.15, 0.2) is 71.6 Å². The highest BCUT2D eigenvalue weighted by atomic mass is 35.5. The maximum atomic E-state index is 13.9. The molecule has 6 nitrogen and oxygen atoms in total. The number of aryl methyl sites for hydroxylation is 1. The Morgan fingerprint density at radius 1 is 1.12 bits per heavy atom. The number of ether oxygens (including phenoxy) is 1. The third-order valence-corrected chi connectivity index (χ3v) is 7.80.